The Morgan fingerprint density at radius 1 is 0.943 bits per heavy atom. The molecule has 35 heavy (non-hydrogen) atoms. The van der Waals surface area contributed by atoms with E-state index in [1.807, 2.05) is 30.9 Å². The Morgan fingerprint density at radius 3 is 1.97 bits per heavy atom. The van der Waals surface area contributed by atoms with Crippen molar-refractivity contribution in [3.63, 3.8) is 0 Å². The summed E-state index contributed by atoms with van der Waals surface area (Å²) in [5.41, 5.74) is 6.73. The zero-order valence-electron chi connectivity index (χ0n) is 21.2. The van der Waals surface area contributed by atoms with Crippen LogP contribution in [0.5, 0.6) is 0 Å². The molecule has 1 unspecified atom stereocenters. The van der Waals surface area contributed by atoms with E-state index < -0.39 is 11.9 Å². The second-order valence-corrected chi connectivity index (χ2v) is 12.1. The summed E-state index contributed by atoms with van der Waals surface area (Å²) in [6.45, 7) is 7.75. The highest BCUT2D eigenvalue weighted by molar-refractivity contribution is 5.92. The van der Waals surface area contributed by atoms with Crippen LogP contribution in [0.4, 0.5) is 0 Å². The number of carbonyl (C=O) groups is 3. The molecule has 1 saturated heterocycles. The van der Waals surface area contributed by atoms with E-state index in [1.54, 1.807) is 12.1 Å². The molecule has 6 rings (SSSR count). The maximum Gasteiger partial charge on any atom is 0.248 e. The minimum absolute atomic E-state index is 0.0576. The molecule has 4 aliphatic carbocycles. The van der Waals surface area contributed by atoms with Gasteiger partial charge in [-0.15, -0.1) is 0 Å². The van der Waals surface area contributed by atoms with Gasteiger partial charge < -0.3 is 16.0 Å². The highest BCUT2D eigenvalue weighted by Gasteiger charge is 2.55. The fraction of sp³-hybridized carbons (Fsp3) is 0.679. The minimum Gasteiger partial charge on any atom is -0.366 e. The van der Waals surface area contributed by atoms with Crippen LogP contribution in [-0.4, -0.2) is 59.7 Å². The first-order valence-corrected chi connectivity index (χ1v) is 13.4. The van der Waals surface area contributed by atoms with E-state index in [2.05, 4.69) is 10.2 Å². The fourth-order valence-corrected chi connectivity index (χ4v) is 7.55. The van der Waals surface area contributed by atoms with Crippen molar-refractivity contribution >= 4 is 17.7 Å². The first kappa shape index (κ1) is 24.3. The lowest BCUT2D eigenvalue weighted by Gasteiger charge is -2.56. The quantitative estimate of drug-likeness (QED) is 0.627. The molecule has 3 amide bonds. The molecule has 7 heteroatoms. The third kappa shape index (κ3) is 4.97. The predicted molar refractivity (Wildman–Crippen MR) is 134 cm³/mol. The number of hydrogen-bond donors (Lipinski definition) is 2. The topological polar surface area (TPSA) is 95.7 Å². The van der Waals surface area contributed by atoms with Crippen LogP contribution in [0.15, 0.2) is 24.3 Å². The van der Waals surface area contributed by atoms with Crippen molar-refractivity contribution in [3.8, 4) is 0 Å². The highest BCUT2D eigenvalue weighted by Crippen LogP contribution is 2.60. The molecule has 1 aromatic carbocycles. The van der Waals surface area contributed by atoms with Gasteiger partial charge >= 0.3 is 0 Å². The van der Waals surface area contributed by atoms with Gasteiger partial charge in [0.15, 0.2) is 0 Å². The van der Waals surface area contributed by atoms with Crippen molar-refractivity contribution in [2.75, 3.05) is 26.2 Å². The Hall–Kier alpha value is -2.41. The number of hydrogen-bond acceptors (Lipinski definition) is 4. The summed E-state index contributed by atoms with van der Waals surface area (Å²) >= 11 is 0. The molecule has 1 heterocycles. The lowest BCUT2D eigenvalue weighted by Crippen LogP contribution is -2.60. The van der Waals surface area contributed by atoms with Crippen LogP contribution in [0.3, 0.4) is 0 Å². The number of nitrogens with one attached hydrogen (secondary N) is 1. The number of benzene rings is 1. The monoisotopic (exact) mass is 480 g/mol. The highest BCUT2D eigenvalue weighted by atomic mass is 16.2. The van der Waals surface area contributed by atoms with Gasteiger partial charge in [0, 0.05) is 43.7 Å². The van der Waals surface area contributed by atoms with Crippen molar-refractivity contribution in [1.82, 2.24) is 15.1 Å². The largest absolute Gasteiger partial charge is 0.366 e. The molecular formula is C28H40N4O3. The molecule has 0 spiro atoms. The van der Waals surface area contributed by atoms with E-state index >= 15 is 0 Å². The van der Waals surface area contributed by atoms with Crippen LogP contribution < -0.4 is 11.1 Å². The number of amides is 3. The van der Waals surface area contributed by atoms with Crippen LogP contribution in [0.25, 0.3) is 0 Å². The molecule has 3 N–H and O–H groups in total. The van der Waals surface area contributed by atoms with Crippen molar-refractivity contribution in [1.29, 1.82) is 0 Å². The second kappa shape index (κ2) is 9.57. The van der Waals surface area contributed by atoms with Gasteiger partial charge in [-0.05, 0) is 79.9 Å². The van der Waals surface area contributed by atoms with Gasteiger partial charge in [-0.1, -0.05) is 26.0 Å². The maximum absolute atomic E-state index is 13.6. The molecule has 5 fully saturated rings. The zero-order chi connectivity index (χ0) is 24.7. The summed E-state index contributed by atoms with van der Waals surface area (Å²) in [5.74, 6) is 1.96. The predicted octanol–water partition coefficient (Wildman–Crippen LogP) is 2.79. The van der Waals surface area contributed by atoms with E-state index in [1.165, 1.54) is 19.3 Å². The lowest BCUT2D eigenvalue weighted by molar-refractivity contribution is -0.151. The van der Waals surface area contributed by atoms with Crippen molar-refractivity contribution < 1.29 is 14.4 Å². The number of nitrogens with zero attached hydrogens (tertiary/aromatic N) is 2. The number of primary amides is 1. The van der Waals surface area contributed by atoms with Crippen LogP contribution in [-0.2, 0) is 16.1 Å². The molecular weight excluding hydrogens is 440 g/mol. The number of piperazine rings is 1. The normalized spacial score (nSPS) is 30.9. The summed E-state index contributed by atoms with van der Waals surface area (Å²) in [6.07, 6.45) is 6.96. The SMILES string of the molecule is CC(C)C(NC(=O)C12CC3CC(CC(C3)C1)C2)C(=O)N1CCN(Cc2ccc(C(N)=O)cc2)CC1. The van der Waals surface area contributed by atoms with E-state index in [0.29, 0.717) is 36.4 Å². The third-order valence-electron chi connectivity index (χ3n) is 9.07. The molecule has 4 bridgehead atoms. The van der Waals surface area contributed by atoms with Gasteiger partial charge in [-0.2, -0.15) is 0 Å². The van der Waals surface area contributed by atoms with Crippen molar-refractivity contribution in [3.05, 3.63) is 35.4 Å². The average Bonchev–Trinajstić information content (AvgIpc) is 2.81. The van der Waals surface area contributed by atoms with E-state index in [0.717, 1.165) is 44.5 Å². The zero-order valence-corrected chi connectivity index (χ0v) is 21.2. The number of rotatable bonds is 7. The summed E-state index contributed by atoms with van der Waals surface area (Å²) < 4.78 is 0. The molecule has 4 saturated carbocycles. The fourth-order valence-electron chi connectivity index (χ4n) is 7.55. The average molecular weight is 481 g/mol. The van der Waals surface area contributed by atoms with Gasteiger partial charge in [0.1, 0.15) is 6.04 Å². The summed E-state index contributed by atoms with van der Waals surface area (Å²) in [6, 6.07) is 6.94. The van der Waals surface area contributed by atoms with Gasteiger partial charge in [0.05, 0.1) is 0 Å². The maximum atomic E-state index is 13.6. The Kier molecular flexibility index (Phi) is 6.64. The van der Waals surface area contributed by atoms with Gasteiger partial charge in [-0.25, -0.2) is 0 Å². The molecule has 0 aromatic heterocycles. The van der Waals surface area contributed by atoms with Gasteiger partial charge in [-0.3, -0.25) is 19.3 Å². The third-order valence-corrected chi connectivity index (χ3v) is 9.07. The van der Waals surface area contributed by atoms with Crippen LogP contribution >= 0.6 is 0 Å². The van der Waals surface area contributed by atoms with Crippen LogP contribution in [0.1, 0.15) is 68.3 Å². The standard InChI is InChI=1S/C28H40N4O3/c1-18(2)24(30-27(35)28-14-20-11-21(15-28)13-22(12-20)16-28)26(34)32-9-7-31(8-10-32)17-19-3-5-23(6-4-19)25(29)33/h3-6,18,20-22,24H,7-17H2,1-2H3,(H2,29,33)(H,30,35). The van der Waals surface area contributed by atoms with E-state index in [-0.39, 0.29) is 23.1 Å². The molecule has 190 valence electrons. The first-order valence-electron chi connectivity index (χ1n) is 13.4. The molecule has 7 nitrogen and oxygen atoms in total. The molecule has 0 radical (unpaired) electrons. The Labute approximate surface area is 208 Å². The molecule has 5 aliphatic rings. The first-order chi connectivity index (χ1) is 16.7. The van der Waals surface area contributed by atoms with E-state index in [4.69, 9.17) is 5.73 Å². The molecule has 1 atom stereocenters. The summed E-state index contributed by atoms with van der Waals surface area (Å²) in [5, 5.41) is 3.25. The van der Waals surface area contributed by atoms with Crippen LogP contribution in [0.2, 0.25) is 0 Å². The Morgan fingerprint density at radius 2 is 1.49 bits per heavy atom. The van der Waals surface area contributed by atoms with Crippen molar-refractivity contribution in [2.45, 2.75) is 65.0 Å². The van der Waals surface area contributed by atoms with E-state index in [9.17, 15) is 14.4 Å². The minimum atomic E-state index is -0.455. The molecule has 1 aromatic rings. The summed E-state index contributed by atoms with van der Waals surface area (Å²) in [4.78, 5) is 42.6. The van der Waals surface area contributed by atoms with Gasteiger partial charge in [0.2, 0.25) is 17.7 Å². The smallest absolute Gasteiger partial charge is 0.248 e. The molecule has 1 aliphatic heterocycles. The number of nitrogens with two attached hydrogens (primary N) is 1. The van der Waals surface area contributed by atoms with Crippen molar-refractivity contribution in [2.24, 2.45) is 34.8 Å². The van der Waals surface area contributed by atoms with Crippen LogP contribution in [0, 0.1) is 29.1 Å². The summed E-state index contributed by atoms with van der Waals surface area (Å²) in [7, 11) is 0. The lowest BCUT2D eigenvalue weighted by atomic mass is 9.49. The Bertz CT molecular complexity index is 930. The number of carbonyl (C=O) groups excluding carboxylic acids is 3. The Balaban J connectivity index is 1.16. The van der Waals surface area contributed by atoms with Gasteiger partial charge in [0.25, 0.3) is 0 Å². The second-order valence-electron chi connectivity index (χ2n) is 12.1.